The fraction of sp³-hybridized carbons (Fsp3) is 0.294. The molecule has 2 N–H and O–H groups in total. The SMILES string of the molecule is COc1cccc(N2CC(C)Cc3ccccc32)c1N. The van der Waals surface area contributed by atoms with E-state index in [1.807, 2.05) is 12.1 Å². The van der Waals surface area contributed by atoms with Gasteiger partial charge in [0.15, 0.2) is 0 Å². The normalized spacial score (nSPS) is 17.7. The molecule has 3 heteroatoms. The fourth-order valence-electron chi connectivity index (χ4n) is 2.97. The van der Waals surface area contributed by atoms with Crippen LogP contribution in [-0.2, 0) is 6.42 Å². The molecule has 0 aromatic heterocycles. The number of nitrogens with zero attached hydrogens (tertiary/aromatic N) is 1. The smallest absolute Gasteiger partial charge is 0.143 e. The quantitative estimate of drug-likeness (QED) is 0.846. The molecular formula is C17H20N2O. The molecule has 0 bridgehead atoms. The first-order chi connectivity index (χ1) is 9.70. The number of nitrogens with two attached hydrogens (primary N) is 1. The first kappa shape index (κ1) is 12.9. The zero-order valence-electron chi connectivity index (χ0n) is 12.0. The summed E-state index contributed by atoms with van der Waals surface area (Å²) in [5.74, 6) is 1.34. The van der Waals surface area contributed by atoms with Crippen molar-refractivity contribution in [2.75, 3.05) is 24.3 Å². The van der Waals surface area contributed by atoms with Crippen molar-refractivity contribution in [1.29, 1.82) is 0 Å². The molecular weight excluding hydrogens is 248 g/mol. The Labute approximate surface area is 120 Å². The van der Waals surface area contributed by atoms with Gasteiger partial charge >= 0.3 is 0 Å². The predicted molar refractivity (Wildman–Crippen MR) is 83.7 cm³/mol. The molecule has 1 unspecified atom stereocenters. The molecule has 2 aromatic carbocycles. The topological polar surface area (TPSA) is 38.5 Å². The number of fused-ring (bicyclic) bond motifs is 1. The Kier molecular flexibility index (Phi) is 3.26. The Morgan fingerprint density at radius 2 is 1.85 bits per heavy atom. The van der Waals surface area contributed by atoms with Gasteiger partial charge in [0.1, 0.15) is 5.75 Å². The summed E-state index contributed by atoms with van der Waals surface area (Å²) in [5, 5.41) is 0. The number of hydrogen-bond donors (Lipinski definition) is 1. The van der Waals surface area contributed by atoms with Gasteiger partial charge in [-0.25, -0.2) is 0 Å². The Balaban J connectivity index is 2.11. The predicted octanol–water partition coefficient (Wildman–Crippen LogP) is 3.61. The van der Waals surface area contributed by atoms with Crippen molar-refractivity contribution in [3.8, 4) is 5.75 Å². The number of anilines is 3. The lowest BCUT2D eigenvalue weighted by Crippen LogP contribution is -2.30. The molecule has 0 spiro atoms. The largest absolute Gasteiger partial charge is 0.495 e. The van der Waals surface area contributed by atoms with E-state index >= 15 is 0 Å². The summed E-state index contributed by atoms with van der Waals surface area (Å²) in [6, 6.07) is 14.5. The van der Waals surface area contributed by atoms with Gasteiger partial charge in [-0.1, -0.05) is 31.2 Å². The number of rotatable bonds is 2. The van der Waals surface area contributed by atoms with Crippen molar-refractivity contribution >= 4 is 17.1 Å². The number of benzene rings is 2. The minimum atomic E-state index is 0.607. The Morgan fingerprint density at radius 3 is 2.65 bits per heavy atom. The third kappa shape index (κ3) is 2.09. The van der Waals surface area contributed by atoms with Gasteiger partial charge in [0.25, 0.3) is 0 Å². The highest BCUT2D eigenvalue weighted by molar-refractivity contribution is 5.80. The Hall–Kier alpha value is -2.16. The van der Waals surface area contributed by atoms with Crippen LogP contribution in [0.25, 0.3) is 0 Å². The van der Waals surface area contributed by atoms with Crippen molar-refractivity contribution in [3.05, 3.63) is 48.0 Å². The number of hydrogen-bond acceptors (Lipinski definition) is 3. The monoisotopic (exact) mass is 268 g/mol. The van der Waals surface area contributed by atoms with E-state index in [9.17, 15) is 0 Å². The number of para-hydroxylation sites is 2. The van der Waals surface area contributed by atoms with Gasteiger partial charge in [0, 0.05) is 12.2 Å². The van der Waals surface area contributed by atoms with Crippen molar-refractivity contribution in [2.45, 2.75) is 13.3 Å². The molecule has 2 aromatic rings. The van der Waals surface area contributed by atoms with Gasteiger partial charge in [0.05, 0.1) is 18.5 Å². The molecule has 3 nitrogen and oxygen atoms in total. The standard InChI is InChI=1S/C17H20N2O/c1-12-10-13-6-3-4-7-14(13)19(11-12)15-8-5-9-16(20-2)17(15)18/h3-9,12H,10-11,18H2,1-2H3. The summed E-state index contributed by atoms with van der Waals surface area (Å²) in [6.07, 6.45) is 1.12. The van der Waals surface area contributed by atoms with Gasteiger partial charge in [-0.05, 0) is 36.1 Å². The lowest BCUT2D eigenvalue weighted by Gasteiger charge is -2.35. The summed E-state index contributed by atoms with van der Waals surface area (Å²) in [4.78, 5) is 2.31. The molecule has 0 radical (unpaired) electrons. The molecule has 1 aliphatic heterocycles. The second-order valence-corrected chi connectivity index (χ2v) is 5.44. The van der Waals surface area contributed by atoms with Crippen LogP contribution < -0.4 is 15.4 Å². The first-order valence-corrected chi connectivity index (χ1v) is 6.98. The van der Waals surface area contributed by atoms with Gasteiger partial charge in [-0.3, -0.25) is 0 Å². The van der Waals surface area contributed by atoms with E-state index in [4.69, 9.17) is 10.5 Å². The number of ether oxygens (including phenoxy) is 1. The zero-order chi connectivity index (χ0) is 14.1. The average molecular weight is 268 g/mol. The highest BCUT2D eigenvalue weighted by Crippen LogP contribution is 2.40. The summed E-state index contributed by atoms with van der Waals surface area (Å²) < 4.78 is 5.34. The maximum absolute atomic E-state index is 6.26. The van der Waals surface area contributed by atoms with Crippen LogP contribution in [0.2, 0.25) is 0 Å². The maximum Gasteiger partial charge on any atom is 0.143 e. The van der Waals surface area contributed by atoms with Crippen LogP contribution in [0, 0.1) is 5.92 Å². The van der Waals surface area contributed by atoms with Crippen LogP contribution in [0.5, 0.6) is 5.75 Å². The molecule has 0 fully saturated rings. The Bertz CT molecular complexity index is 624. The third-order valence-electron chi connectivity index (χ3n) is 3.90. The van der Waals surface area contributed by atoms with Crippen molar-refractivity contribution in [1.82, 2.24) is 0 Å². The van der Waals surface area contributed by atoms with Crippen LogP contribution in [-0.4, -0.2) is 13.7 Å². The molecule has 0 saturated heterocycles. The Morgan fingerprint density at radius 1 is 1.10 bits per heavy atom. The van der Waals surface area contributed by atoms with Gasteiger partial charge in [-0.2, -0.15) is 0 Å². The van der Waals surface area contributed by atoms with E-state index in [2.05, 4.69) is 42.2 Å². The molecule has 1 heterocycles. The van der Waals surface area contributed by atoms with Crippen LogP contribution in [0.1, 0.15) is 12.5 Å². The van der Waals surface area contributed by atoms with E-state index in [1.165, 1.54) is 11.3 Å². The highest BCUT2D eigenvalue weighted by atomic mass is 16.5. The fourth-order valence-corrected chi connectivity index (χ4v) is 2.97. The van der Waals surface area contributed by atoms with Crippen LogP contribution in [0.4, 0.5) is 17.1 Å². The van der Waals surface area contributed by atoms with Gasteiger partial charge in [-0.15, -0.1) is 0 Å². The minimum Gasteiger partial charge on any atom is -0.495 e. The maximum atomic E-state index is 6.26. The summed E-state index contributed by atoms with van der Waals surface area (Å²) in [6.45, 7) is 3.26. The highest BCUT2D eigenvalue weighted by Gasteiger charge is 2.24. The molecule has 104 valence electrons. The first-order valence-electron chi connectivity index (χ1n) is 6.98. The van der Waals surface area contributed by atoms with Crippen molar-refractivity contribution in [2.24, 2.45) is 5.92 Å². The third-order valence-corrected chi connectivity index (χ3v) is 3.90. The lowest BCUT2D eigenvalue weighted by atomic mass is 9.93. The second kappa shape index (κ2) is 5.08. The summed E-state index contributed by atoms with van der Waals surface area (Å²) in [7, 11) is 1.66. The molecule has 20 heavy (non-hydrogen) atoms. The molecule has 0 saturated carbocycles. The van der Waals surface area contributed by atoms with Gasteiger partial charge in [0.2, 0.25) is 0 Å². The molecule has 0 amide bonds. The summed E-state index contributed by atoms with van der Waals surface area (Å²) in [5.41, 5.74) is 10.6. The van der Waals surface area contributed by atoms with Crippen LogP contribution in [0.3, 0.4) is 0 Å². The van der Waals surface area contributed by atoms with Crippen molar-refractivity contribution < 1.29 is 4.74 Å². The van der Waals surface area contributed by atoms with E-state index in [0.29, 0.717) is 11.6 Å². The molecule has 3 rings (SSSR count). The van der Waals surface area contributed by atoms with Crippen LogP contribution in [0.15, 0.2) is 42.5 Å². The molecule has 1 atom stereocenters. The summed E-state index contributed by atoms with van der Waals surface area (Å²) >= 11 is 0. The van der Waals surface area contributed by atoms with E-state index < -0.39 is 0 Å². The van der Waals surface area contributed by atoms with E-state index in [-0.39, 0.29) is 0 Å². The van der Waals surface area contributed by atoms with Crippen molar-refractivity contribution in [3.63, 3.8) is 0 Å². The molecule has 1 aliphatic rings. The number of methoxy groups -OCH3 is 1. The van der Waals surface area contributed by atoms with E-state index in [1.54, 1.807) is 7.11 Å². The lowest BCUT2D eigenvalue weighted by molar-refractivity contribution is 0.417. The van der Waals surface area contributed by atoms with Gasteiger partial charge < -0.3 is 15.4 Å². The zero-order valence-corrected chi connectivity index (χ0v) is 12.0. The van der Waals surface area contributed by atoms with E-state index in [0.717, 1.165) is 24.4 Å². The molecule has 0 aliphatic carbocycles. The number of nitrogen functional groups attached to an aromatic ring is 1. The second-order valence-electron chi connectivity index (χ2n) is 5.44. The average Bonchev–Trinajstić information content (AvgIpc) is 2.46. The minimum absolute atomic E-state index is 0.607. The van der Waals surface area contributed by atoms with Crippen LogP contribution >= 0.6 is 0 Å².